The van der Waals surface area contributed by atoms with Crippen LogP contribution >= 0.6 is 0 Å². The lowest BCUT2D eigenvalue weighted by Gasteiger charge is -2.13. The highest BCUT2D eigenvalue weighted by Crippen LogP contribution is 2.23. The quantitative estimate of drug-likeness (QED) is 0.887. The van der Waals surface area contributed by atoms with Crippen molar-refractivity contribution < 1.29 is 13.2 Å². The van der Waals surface area contributed by atoms with Crippen LogP contribution in [-0.2, 0) is 16.4 Å². The Labute approximate surface area is 130 Å². The van der Waals surface area contributed by atoms with Gasteiger partial charge in [0.05, 0.1) is 4.90 Å². The van der Waals surface area contributed by atoms with E-state index in [1.54, 1.807) is 19.1 Å². The number of primary amides is 1. The number of anilines is 1. The number of nitrogens with one attached hydrogen (secondary N) is 1. The van der Waals surface area contributed by atoms with Crippen LogP contribution in [0.2, 0.25) is 0 Å². The summed E-state index contributed by atoms with van der Waals surface area (Å²) in [4.78, 5) is 11.5. The maximum atomic E-state index is 12.6. The van der Waals surface area contributed by atoms with Crippen LogP contribution in [0.25, 0.3) is 0 Å². The van der Waals surface area contributed by atoms with Crippen LogP contribution in [0.15, 0.2) is 47.4 Å². The van der Waals surface area contributed by atoms with Gasteiger partial charge in [0.15, 0.2) is 0 Å². The van der Waals surface area contributed by atoms with E-state index in [1.807, 2.05) is 19.1 Å². The van der Waals surface area contributed by atoms with Gasteiger partial charge in [-0.15, -0.1) is 0 Å². The summed E-state index contributed by atoms with van der Waals surface area (Å²) in [6, 6.07) is 11.5. The van der Waals surface area contributed by atoms with Gasteiger partial charge in [-0.3, -0.25) is 9.52 Å². The lowest BCUT2D eigenvalue weighted by molar-refractivity contribution is 0.0999. The second-order valence-electron chi connectivity index (χ2n) is 4.97. The molecule has 0 aliphatic carbocycles. The number of hydrogen-bond acceptors (Lipinski definition) is 3. The molecule has 22 heavy (non-hydrogen) atoms. The molecule has 0 radical (unpaired) electrons. The average Bonchev–Trinajstić information content (AvgIpc) is 2.48. The van der Waals surface area contributed by atoms with Crippen molar-refractivity contribution in [3.63, 3.8) is 0 Å². The molecular formula is C16H18N2O3S. The molecule has 0 heterocycles. The third kappa shape index (κ3) is 3.28. The SMILES string of the molecule is CCc1c(C(N)=O)cccc1S(=O)(=O)Nc1ccc(C)cc1. The molecule has 2 rings (SSSR count). The molecular weight excluding hydrogens is 300 g/mol. The third-order valence-corrected chi connectivity index (χ3v) is 4.81. The van der Waals surface area contributed by atoms with Crippen LogP contribution < -0.4 is 10.5 Å². The molecule has 0 spiro atoms. The van der Waals surface area contributed by atoms with Crippen molar-refractivity contribution in [1.82, 2.24) is 0 Å². The van der Waals surface area contributed by atoms with Gasteiger partial charge in [0, 0.05) is 11.3 Å². The Morgan fingerprint density at radius 1 is 1.14 bits per heavy atom. The molecule has 0 saturated heterocycles. The second kappa shape index (κ2) is 6.19. The molecule has 3 N–H and O–H groups in total. The molecule has 2 aromatic rings. The van der Waals surface area contributed by atoms with Crippen LogP contribution in [0.5, 0.6) is 0 Å². The van der Waals surface area contributed by atoms with Gasteiger partial charge < -0.3 is 5.73 Å². The van der Waals surface area contributed by atoms with Crippen LogP contribution in [0.1, 0.15) is 28.4 Å². The Balaban J connectivity index is 2.47. The van der Waals surface area contributed by atoms with E-state index in [4.69, 9.17) is 5.73 Å². The Morgan fingerprint density at radius 2 is 1.77 bits per heavy atom. The highest BCUT2D eigenvalue weighted by atomic mass is 32.2. The Hall–Kier alpha value is -2.34. The lowest BCUT2D eigenvalue weighted by Crippen LogP contribution is -2.19. The molecule has 0 aliphatic rings. The number of hydrogen-bond donors (Lipinski definition) is 2. The minimum absolute atomic E-state index is 0.0758. The predicted octanol–water partition coefficient (Wildman–Crippen LogP) is 2.46. The van der Waals surface area contributed by atoms with Gasteiger partial charge in [0.25, 0.3) is 10.0 Å². The molecule has 1 amide bonds. The summed E-state index contributed by atoms with van der Waals surface area (Å²) in [6.07, 6.45) is 0.392. The second-order valence-corrected chi connectivity index (χ2v) is 6.62. The fourth-order valence-electron chi connectivity index (χ4n) is 2.24. The summed E-state index contributed by atoms with van der Waals surface area (Å²) in [5.74, 6) is -0.635. The highest BCUT2D eigenvalue weighted by molar-refractivity contribution is 7.92. The van der Waals surface area contributed by atoms with Crippen molar-refractivity contribution in [2.45, 2.75) is 25.2 Å². The van der Waals surface area contributed by atoms with Gasteiger partial charge in [-0.2, -0.15) is 0 Å². The van der Waals surface area contributed by atoms with Gasteiger partial charge >= 0.3 is 0 Å². The molecule has 0 bridgehead atoms. The summed E-state index contributed by atoms with van der Waals surface area (Å²) >= 11 is 0. The number of sulfonamides is 1. The minimum Gasteiger partial charge on any atom is -0.366 e. The number of nitrogens with two attached hydrogens (primary N) is 1. The van der Waals surface area contributed by atoms with Crippen molar-refractivity contribution in [3.05, 3.63) is 59.2 Å². The van der Waals surface area contributed by atoms with E-state index in [2.05, 4.69) is 4.72 Å². The number of aryl methyl sites for hydroxylation is 1. The molecule has 0 unspecified atom stereocenters. The smallest absolute Gasteiger partial charge is 0.262 e. The van der Waals surface area contributed by atoms with Crippen LogP contribution in [0.4, 0.5) is 5.69 Å². The summed E-state index contributed by atoms with van der Waals surface area (Å²) in [6.45, 7) is 3.70. The zero-order valence-electron chi connectivity index (χ0n) is 12.5. The molecule has 6 heteroatoms. The van der Waals surface area contributed by atoms with Gasteiger partial charge in [-0.1, -0.05) is 30.7 Å². The van der Waals surface area contributed by atoms with E-state index >= 15 is 0 Å². The maximum absolute atomic E-state index is 12.6. The number of benzene rings is 2. The molecule has 0 saturated carbocycles. The molecule has 0 aromatic heterocycles. The van der Waals surface area contributed by atoms with Gasteiger partial charge in [-0.25, -0.2) is 8.42 Å². The summed E-state index contributed by atoms with van der Waals surface area (Å²) in [7, 11) is -3.78. The van der Waals surface area contributed by atoms with Crippen LogP contribution in [-0.4, -0.2) is 14.3 Å². The van der Waals surface area contributed by atoms with E-state index < -0.39 is 15.9 Å². The fourth-order valence-corrected chi connectivity index (χ4v) is 3.64. The molecule has 0 aliphatic heterocycles. The first-order chi connectivity index (χ1) is 10.3. The number of rotatable bonds is 5. The first kappa shape index (κ1) is 16.0. The van der Waals surface area contributed by atoms with Crippen molar-refractivity contribution in [2.75, 3.05) is 4.72 Å². The van der Waals surface area contributed by atoms with Gasteiger partial charge in [-0.05, 0) is 43.2 Å². The van der Waals surface area contributed by atoms with E-state index in [1.165, 1.54) is 18.2 Å². The molecule has 0 atom stereocenters. The monoisotopic (exact) mass is 318 g/mol. The predicted molar refractivity (Wildman–Crippen MR) is 86.3 cm³/mol. The highest BCUT2D eigenvalue weighted by Gasteiger charge is 2.21. The topological polar surface area (TPSA) is 89.3 Å². The van der Waals surface area contributed by atoms with E-state index in [0.29, 0.717) is 17.7 Å². The third-order valence-electron chi connectivity index (χ3n) is 3.35. The van der Waals surface area contributed by atoms with Crippen molar-refractivity contribution >= 4 is 21.6 Å². The van der Waals surface area contributed by atoms with Crippen LogP contribution in [0.3, 0.4) is 0 Å². The standard InChI is InChI=1S/C16H18N2O3S/c1-3-13-14(16(17)19)5-4-6-15(13)22(20,21)18-12-9-7-11(2)8-10-12/h4-10,18H,3H2,1-2H3,(H2,17,19). The first-order valence-electron chi connectivity index (χ1n) is 6.86. The number of carbonyl (C=O) groups is 1. The largest absolute Gasteiger partial charge is 0.366 e. The molecule has 2 aromatic carbocycles. The lowest BCUT2D eigenvalue weighted by atomic mass is 10.1. The zero-order valence-corrected chi connectivity index (χ0v) is 13.3. The number of amides is 1. The fraction of sp³-hybridized carbons (Fsp3) is 0.188. The van der Waals surface area contributed by atoms with Crippen molar-refractivity contribution in [2.24, 2.45) is 5.73 Å². The van der Waals surface area contributed by atoms with Crippen LogP contribution in [0, 0.1) is 6.92 Å². The van der Waals surface area contributed by atoms with Gasteiger partial charge in [0.2, 0.25) is 5.91 Å². The minimum atomic E-state index is -3.78. The Kier molecular flexibility index (Phi) is 4.51. The molecule has 116 valence electrons. The van der Waals surface area contributed by atoms with E-state index in [9.17, 15) is 13.2 Å². The van der Waals surface area contributed by atoms with E-state index in [-0.39, 0.29) is 10.5 Å². The van der Waals surface area contributed by atoms with Crippen molar-refractivity contribution in [1.29, 1.82) is 0 Å². The molecule has 0 fully saturated rings. The Bertz CT molecular complexity index is 797. The normalized spacial score (nSPS) is 11.2. The molecule has 5 nitrogen and oxygen atoms in total. The van der Waals surface area contributed by atoms with Crippen molar-refractivity contribution in [3.8, 4) is 0 Å². The summed E-state index contributed by atoms with van der Waals surface area (Å²) in [5.41, 5.74) is 7.48. The number of carbonyl (C=O) groups excluding carboxylic acids is 1. The Morgan fingerprint density at radius 3 is 2.32 bits per heavy atom. The van der Waals surface area contributed by atoms with Gasteiger partial charge in [0.1, 0.15) is 0 Å². The summed E-state index contributed by atoms with van der Waals surface area (Å²) < 4.78 is 27.7. The maximum Gasteiger partial charge on any atom is 0.262 e. The van der Waals surface area contributed by atoms with E-state index in [0.717, 1.165) is 5.56 Å². The zero-order chi connectivity index (χ0) is 16.3. The average molecular weight is 318 g/mol. The first-order valence-corrected chi connectivity index (χ1v) is 8.34. The summed E-state index contributed by atoms with van der Waals surface area (Å²) in [5, 5.41) is 0.